The highest BCUT2D eigenvalue weighted by Gasteiger charge is 2.19. The number of halogens is 1. The van der Waals surface area contributed by atoms with Crippen LogP contribution in [0.4, 0.5) is 5.69 Å². The molecule has 0 atom stereocenters. The van der Waals surface area contributed by atoms with Crippen molar-refractivity contribution in [2.45, 2.75) is 26.2 Å². The van der Waals surface area contributed by atoms with Crippen molar-refractivity contribution in [1.82, 2.24) is 4.90 Å². The van der Waals surface area contributed by atoms with Gasteiger partial charge in [0.15, 0.2) is 0 Å². The smallest absolute Gasteiger partial charge is 0.227 e. The van der Waals surface area contributed by atoms with Crippen LogP contribution in [0.3, 0.4) is 0 Å². The SMILES string of the molecule is NC=C(Br)C=Nc1ccc(COc2coc(CN3Cc4ccccc4C3)cc2=O)cc1. The van der Waals surface area contributed by atoms with Crippen LogP contribution in [0.5, 0.6) is 5.75 Å². The van der Waals surface area contributed by atoms with Gasteiger partial charge in [0.25, 0.3) is 0 Å². The van der Waals surface area contributed by atoms with Gasteiger partial charge >= 0.3 is 0 Å². The van der Waals surface area contributed by atoms with E-state index in [-0.39, 0.29) is 17.8 Å². The molecule has 0 fully saturated rings. The Labute approximate surface area is 188 Å². The van der Waals surface area contributed by atoms with Crippen molar-refractivity contribution in [1.29, 1.82) is 0 Å². The normalized spacial score (nSPS) is 14.2. The lowest BCUT2D eigenvalue weighted by atomic mass is 10.1. The molecule has 2 aromatic carbocycles. The van der Waals surface area contributed by atoms with Gasteiger partial charge in [0, 0.05) is 31.6 Å². The van der Waals surface area contributed by atoms with E-state index in [1.165, 1.54) is 29.7 Å². The van der Waals surface area contributed by atoms with Gasteiger partial charge in [-0.1, -0.05) is 36.4 Å². The van der Waals surface area contributed by atoms with Gasteiger partial charge in [0.05, 0.1) is 16.7 Å². The molecule has 31 heavy (non-hydrogen) atoms. The highest BCUT2D eigenvalue weighted by Crippen LogP contribution is 2.24. The summed E-state index contributed by atoms with van der Waals surface area (Å²) in [6.07, 6.45) is 4.45. The summed E-state index contributed by atoms with van der Waals surface area (Å²) in [5.41, 5.74) is 9.56. The fourth-order valence-corrected chi connectivity index (χ4v) is 3.48. The third-order valence-electron chi connectivity index (χ3n) is 4.96. The van der Waals surface area contributed by atoms with Crippen molar-refractivity contribution in [3.63, 3.8) is 0 Å². The highest BCUT2D eigenvalue weighted by molar-refractivity contribution is 9.12. The molecule has 4 rings (SSSR count). The van der Waals surface area contributed by atoms with Gasteiger partial charge in [0.1, 0.15) is 18.6 Å². The van der Waals surface area contributed by atoms with E-state index in [9.17, 15) is 4.79 Å². The third-order valence-corrected chi connectivity index (χ3v) is 5.43. The minimum atomic E-state index is -0.183. The molecule has 2 N–H and O–H groups in total. The van der Waals surface area contributed by atoms with E-state index in [0.29, 0.717) is 16.8 Å². The Morgan fingerprint density at radius 1 is 1.16 bits per heavy atom. The van der Waals surface area contributed by atoms with Gasteiger partial charge in [-0.2, -0.15) is 0 Å². The Hall–Kier alpha value is -3.16. The largest absolute Gasteiger partial charge is 0.482 e. The van der Waals surface area contributed by atoms with Crippen molar-refractivity contribution in [3.05, 3.63) is 104 Å². The Kier molecular flexibility index (Phi) is 6.64. The lowest BCUT2D eigenvalue weighted by Gasteiger charge is -2.14. The van der Waals surface area contributed by atoms with Crippen molar-refractivity contribution < 1.29 is 9.15 Å². The maximum atomic E-state index is 12.4. The van der Waals surface area contributed by atoms with Crippen LogP contribution >= 0.6 is 15.9 Å². The van der Waals surface area contributed by atoms with E-state index >= 15 is 0 Å². The molecule has 3 aromatic rings. The molecule has 0 radical (unpaired) electrons. The molecule has 0 unspecified atom stereocenters. The fourth-order valence-electron chi connectivity index (χ4n) is 3.38. The summed E-state index contributed by atoms with van der Waals surface area (Å²) in [5, 5.41) is 0. The van der Waals surface area contributed by atoms with Gasteiger partial charge < -0.3 is 14.9 Å². The number of benzene rings is 2. The number of nitrogens with two attached hydrogens (primary N) is 1. The maximum absolute atomic E-state index is 12.4. The van der Waals surface area contributed by atoms with Gasteiger partial charge in [0.2, 0.25) is 11.2 Å². The Morgan fingerprint density at radius 3 is 2.52 bits per heavy atom. The molecule has 0 saturated carbocycles. The second-order valence-electron chi connectivity index (χ2n) is 7.25. The zero-order valence-electron chi connectivity index (χ0n) is 16.8. The van der Waals surface area contributed by atoms with Crippen molar-refractivity contribution in [2.24, 2.45) is 10.7 Å². The van der Waals surface area contributed by atoms with E-state index in [1.807, 2.05) is 36.4 Å². The predicted octanol–water partition coefficient (Wildman–Crippen LogP) is 4.63. The number of fused-ring (bicyclic) bond motifs is 1. The second-order valence-corrected chi connectivity index (χ2v) is 8.17. The summed E-state index contributed by atoms with van der Waals surface area (Å²) in [7, 11) is 0. The van der Waals surface area contributed by atoms with E-state index < -0.39 is 0 Å². The van der Waals surface area contributed by atoms with Crippen molar-refractivity contribution in [3.8, 4) is 5.75 Å². The molecule has 6 nitrogen and oxygen atoms in total. The van der Waals surface area contributed by atoms with Crippen LogP contribution in [0.2, 0.25) is 0 Å². The molecule has 0 aliphatic carbocycles. The number of rotatable bonds is 7. The summed E-state index contributed by atoms with van der Waals surface area (Å²) in [6.45, 7) is 2.57. The van der Waals surface area contributed by atoms with Crippen molar-refractivity contribution in [2.75, 3.05) is 0 Å². The molecule has 1 aliphatic heterocycles. The van der Waals surface area contributed by atoms with Crippen LogP contribution in [-0.2, 0) is 26.2 Å². The van der Waals surface area contributed by atoms with Crippen LogP contribution in [0.15, 0.2) is 85.7 Å². The average Bonchev–Trinajstić information content (AvgIpc) is 3.20. The molecule has 2 heterocycles. The second kappa shape index (κ2) is 9.76. The molecule has 1 aromatic heterocycles. The minimum Gasteiger partial charge on any atom is -0.482 e. The van der Waals surface area contributed by atoms with Crippen LogP contribution in [0.25, 0.3) is 0 Å². The molecule has 0 amide bonds. The summed E-state index contributed by atoms with van der Waals surface area (Å²) < 4.78 is 12.0. The quantitative estimate of drug-likeness (QED) is 0.499. The van der Waals surface area contributed by atoms with Crippen molar-refractivity contribution >= 4 is 27.8 Å². The number of allylic oxidation sites excluding steroid dienone is 1. The maximum Gasteiger partial charge on any atom is 0.227 e. The first kappa shape index (κ1) is 21.1. The summed E-state index contributed by atoms with van der Waals surface area (Å²) in [5.74, 6) is 0.831. The summed E-state index contributed by atoms with van der Waals surface area (Å²) in [4.78, 5) is 19.0. The topological polar surface area (TPSA) is 81.1 Å². The Bertz CT molecular complexity index is 1140. The zero-order valence-corrected chi connectivity index (χ0v) is 18.4. The third kappa shape index (κ3) is 5.51. The van der Waals surface area contributed by atoms with E-state index in [1.54, 1.807) is 6.21 Å². The number of hydrogen-bond acceptors (Lipinski definition) is 6. The van der Waals surface area contributed by atoms with E-state index in [4.69, 9.17) is 14.9 Å². The number of hydrogen-bond donors (Lipinski definition) is 1. The number of ether oxygens (including phenoxy) is 1. The molecule has 1 aliphatic rings. The first-order chi connectivity index (χ1) is 15.1. The Balaban J connectivity index is 1.33. The van der Waals surface area contributed by atoms with Gasteiger partial charge in [-0.15, -0.1) is 0 Å². The lowest BCUT2D eigenvalue weighted by Crippen LogP contribution is -2.17. The summed E-state index contributed by atoms with van der Waals surface area (Å²) in [6, 6.07) is 17.4. The molecular weight excluding hydrogens is 458 g/mol. The van der Waals surface area contributed by atoms with Crippen LogP contribution in [0, 0.1) is 0 Å². The number of nitrogens with zero attached hydrogens (tertiary/aromatic N) is 2. The van der Waals surface area contributed by atoms with Crippen LogP contribution < -0.4 is 15.9 Å². The molecule has 0 spiro atoms. The molecule has 0 saturated heterocycles. The standard InChI is InChI=1S/C24H22BrN3O3/c25-20(10-26)11-27-21-7-5-17(6-8-21)15-31-24-16-30-22(9-23(24)29)14-28-12-18-3-1-2-4-19(18)13-28/h1-11,16H,12-15,26H2. The monoisotopic (exact) mass is 479 g/mol. The minimum absolute atomic E-state index is 0.183. The fraction of sp³-hybridized carbons (Fsp3) is 0.167. The summed E-state index contributed by atoms with van der Waals surface area (Å²) >= 11 is 3.27. The van der Waals surface area contributed by atoms with Gasteiger partial charge in [-0.25, -0.2) is 0 Å². The highest BCUT2D eigenvalue weighted by atomic mass is 79.9. The molecule has 0 bridgehead atoms. The molecule has 7 heteroatoms. The van der Waals surface area contributed by atoms with Crippen LogP contribution in [0.1, 0.15) is 22.5 Å². The lowest BCUT2D eigenvalue weighted by molar-refractivity contribution is 0.241. The zero-order chi connectivity index (χ0) is 21.6. The van der Waals surface area contributed by atoms with Crippen LogP contribution in [-0.4, -0.2) is 11.1 Å². The molecule has 158 valence electrons. The van der Waals surface area contributed by atoms with E-state index in [0.717, 1.165) is 24.3 Å². The van der Waals surface area contributed by atoms with Gasteiger partial charge in [-0.3, -0.25) is 14.7 Å². The number of aliphatic imine (C=N–C) groups is 1. The Morgan fingerprint density at radius 2 is 1.87 bits per heavy atom. The average molecular weight is 480 g/mol. The first-order valence-electron chi connectivity index (χ1n) is 9.85. The van der Waals surface area contributed by atoms with Gasteiger partial charge in [-0.05, 0) is 44.8 Å². The predicted molar refractivity (Wildman–Crippen MR) is 124 cm³/mol. The van der Waals surface area contributed by atoms with E-state index in [2.05, 4.69) is 38.0 Å². The first-order valence-corrected chi connectivity index (χ1v) is 10.6. The molecular formula is C24H22BrN3O3.